The highest BCUT2D eigenvalue weighted by Crippen LogP contribution is 2.66. The fraction of sp³-hybridized carbons (Fsp3) is 0.929. The number of hydrogen-bond acceptors (Lipinski definition) is 3. The van der Waals surface area contributed by atoms with Gasteiger partial charge in [-0.05, 0) is 43.9 Å². The smallest absolute Gasteiger partial charge is 0.303 e. The SMILES string of the molecule is CC12CC3CC(CC(C3)C1(CCC(=O)O)[N+](=O)[O-])C2. The van der Waals surface area contributed by atoms with E-state index in [1.807, 2.05) is 6.92 Å². The Morgan fingerprint density at radius 2 is 1.89 bits per heavy atom. The Labute approximate surface area is 112 Å². The number of rotatable bonds is 4. The van der Waals surface area contributed by atoms with Crippen molar-refractivity contribution in [1.29, 1.82) is 0 Å². The van der Waals surface area contributed by atoms with Crippen LogP contribution in [0.25, 0.3) is 0 Å². The van der Waals surface area contributed by atoms with E-state index in [1.54, 1.807) is 0 Å². The highest BCUT2D eigenvalue weighted by Gasteiger charge is 2.70. The van der Waals surface area contributed by atoms with E-state index in [1.165, 1.54) is 6.42 Å². The first-order chi connectivity index (χ1) is 8.87. The van der Waals surface area contributed by atoms with E-state index in [-0.39, 0.29) is 29.1 Å². The molecule has 0 aromatic heterocycles. The van der Waals surface area contributed by atoms with Crippen LogP contribution in [0.1, 0.15) is 51.9 Å². The summed E-state index contributed by atoms with van der Waals surface area (Å²) in [7, 11) is 0. The predicted octanol–water partition coefficient (Wildman–Crippen LogP) is 2.71. The first kappa shape index (κ1) is 12.9. The molecule has 4 rings (SSSR count). The number of carbonyl (C=O) groups is 1. The maximum absolute atomic E-state index is 11.8. The maximum atomic E-state index is 11.8. The van der Waals surface area contributed by atoms with Gasteiger partial charge < -0.3 is 5.11 Å². The van der Waals surface area contributed by atoms with Gasteiger partial charge in [-0.1, -0.05) is 6.92 Å². The van der Waals surface area contributed by atoms with E-state index in [0.29, 0.717) is 11.8 Å². The molecule has 3 unspecified atom stereocenters. The highest BCUT2D eigenvalue weighted by molar-refractivity contribution is 5.66. The summed E-state index contributed by atoms with van der Waals surface area (Å²) in [6.45, 7) is 2.04. The molecule has 106 valence electrons. The Morgan fingerprint density at radius 3 is 2.32 bits per heavy atom. The first-order valence-corrected chi connectivity index (χ1v) is 7.24. The van der Waals surface area contributed by atoms with Crippen molar-refractivity contribution in [3.63, 3.8) is 0 Å². The standard InChI is InChI=1S/C14H21NO4/c1-13-7-9-4-10(8-13)6-11(5-9)14(13,15(18)19)3-2-12(16)17/h9-11H,2-8H2,1H3,(H,16,17). The van der Waals surface area contributed by atoms with Gasteiger partial charge in [0.1, 0.15) is 0 Å². The van der Waals surface area contributed by atoms with Gasteiger partial charge in [-0.3, -0.25) is 14.9 Å². The molecular formula is C14H21NO4. The zero-order valence-electron chi connectivity index (χ0n) is 11.3. The molecule has 1 N–H and O–H groups in total. The second-order valence-electron chi connectivity index (χ2n) is 7.18. The minimum atomic E-state index is -0.987. The molecule has 4 bridgehead atoms. The third kappa shape index (κ3) is 1.63. The Kier molecular flexibility index (Phi) is 2.67. The average molecular weight is 267 g/mol. The van der Waals surface area contributed by atoms with Gasteiger partial charge in [-0.15, -0.1) is 0 Å². The quantitative estimate of drug-likeness (QED) is 0.627. The molecule has 0 aliphatic heterocycles. The molecule has 4 aliphatic carbocycles. The van der Waals surface area contributed by atoms with Crippen LogP contribution in [-0.4, -0.2) is 21.5 Å². The lowest BCUT2D eigenvalue weighted by Gasteiger charge is -2.61. The largest absolute Gasteiger partial charge is 0.481 e. The zero-order chi connectivity index (χ0) is 13.8. The average Bonchev–Trinajstić information content (AvgIpc) is 2.25. The monoisotopic (exact) mass is 267 g/mol. The van der Waals surface area contributed by atoms with Gasteiger partial charge >= 0.3 is 5.97 Å². The molecule has 5 nitrogen and oxygen atoms in total. The van der Waals surface area contributed by atoms with Crippen molar-refractivity contribution in [1.82, 2.24) is 0 Å². The van der Waals surface area contributed by atoms with Gasteiger partial charge in [0, 0.05) is 22.7 Å². The van der Waals surface area contributed by atoms with Crippen LogP contribution in [0.4, 0.5) is 0 Å². The predicted molar refractivity (Wildman–Crippen MR) is 68.3 cm³/mol. The molecule has 4 saturated carbocycles. The van der Waals surface area contributed by atoms with Gasteiger partial charge in [0.2, 0.25) is 5.54 Å². The normalized spacial score (nSPS) is 47.3. The molecule has 0 radical (unpaired) electrons. The van der Waals surface area contributed by atoms with E-state index in [4.69, 9.17) is 5.11 Å². The number of nitrogens with zero attached hydrogens (tertiary/aromatic N) is 1. The van der Waals surface area contributed by atoms with E-state index < -0.39 is 11.5 Å². The van der Waals surface area contributed by atoms with Gasteiger partial charge in [-0.25, -0.2) is 0 Å². The van der Waals surface area contributed by atoms with Crippen molar-refractivity contribution >= 4 is 5.97 Å². The van der Waals surface area contributed by atoms with Gasteiger partial charge in [0.15, 0.2) is 0 Å². The third-order valence-electron chi connectivity index (χ3n) is 6.15. The van der Waals surface area contributed by atoms with Crippen molar-refractivity contribution in [3.8, 4) is 0 Å². The van der Waals surface area contributed by atoms with E-state index in [0.717, 1.165) is 25.7 Å². The second kappa shape index (κ2) is 3.93. The van der Waals surface area contributed by atoms with Crippen molar-refractivity contribution in [2.45, 2.75) is 57.4 Å². The molecule has 0 amide bonds. The van der Waals surface area contributed by atoms with E-state index in [2.05, 4.69) is 0 Å². The molecule has 4 fully saturated rings. The van der Waals surface area contributed by atoms with E-state index in [9.17, 15) is 14.9 Å². The van der Waals surface area contributed by atoms with Crippen LogP contribution in [0.15, 0.2) is 0 Å². The summed E-state index contributed by atoms with van der Waals surface area (Å²) in [5.41, 5.74) is -1.28. The minimum absolute atomic E-state index is 0.0809. The lowest BCUT2D eigenvalue weighted by Crippen LogP contribution is -2.67. The lowest BCUT2D eigenvalue weighted by molar-refractivity contribution is -0.617. The molecule has 0 spiro atoms. The summed E-state index contributed by atoms with van der Waals surface area (Å²) < 4.78 is 0. The molecule has 19 heavy (non-hydrogen) atoms. The van der Waals surface area contributed by atoms with Crippen molar-refractivity contribution in [3.05, 3.63) is 10.1 Å². The Hall–Kier alpha value is -1.13. The summed E-state index contributed by atoms with van der Waals surface area (Å²) in [5, 5.41) is 20.8. The zero-order valence-corrected chi connectivity index (χ0v) is 11.3. The molecule has 5 heteroatoms. The van der Waals surface area contributed by atoms with Crippen molar-refractivity contribution < 1.29 is 14.8 Å². The summed E-state index contributed by atoms with van der Waals surface area (Å²) >= 11 is 0. The molecular weight excluding hydrogens is 246 g/mol. The van der Waals surface area contributed by atoms with Crippen LogP contribution < -0.4 is 0 Å². The number of aliphatic carboxylic acids is 1. The van der Waals surface area contributed by atoms with Crippen LogP contribution in [0, 0.1) is 33.3 Å². The lowest BCUT2D eigenvalue weighted by atomic mass is 9.42. The minimum Gasteiger partial charge on any atom is -0.481 e. The molecule has 0 aromatic carbocycles. The maximum Gasteiger partial charge on any atom is 0.303 e. The van der Waals surface area contributed by atoms with Gasteiger partial charge in [0.25, 0.3) is 0 Å². The van der Waals surface area contributed by atoms with E-state index >= 15 is 0 Å². The summed E-state index contributed by atoms with van der Waals surface area (Å²) in [6.07, 6.45) is 5.07. The van der Waals surface area contributed by atoms with Crippen LogP contribution in [-0.2, 0) is 4.79 Å². The Balaban J connectivity index is 1.98. The molecule has 0 saturated heterocycles. The highest BCUT2D eigenvalue weighted by atomic mass is 16.6. The molecule has 0 aromatic rings. The van der Waals surface area contributed by atoms with Crippen molar-refractivity contribution in [2.75, 3.05) is 0 Å². The second-order valence-corrected chi connectivity index (χ2v) is 7.18. The number of carboxylic acid groups (broad SMARTS) is 1. The van der Waals surface area contributed by atoms with Crippen LogP contribution in [0.3, 0.4) is 0 Å². The molecule has 3 atom stereocenters. The first-order valence-electron chi connectivity index (χ1n) is 7.24. The van der Waals surface area contributed by atoms with Crippen LogP contribution in [0.2, 0.25) is 0 Å². The topological polar surface area (TPSA) is 80.4 Å². The van der Waals surface area contributed by atoms with Gasteiger partial charge in [0.05, 0.1) is 6.42 Å². The fourth-order valence-corrected chi connectivity index (χ4v) is 5.76. The fourth-order valence-electron chi connectivity index (χ4n) is 5.76. The third-order valence-corrected chi connectivity index (χ3v) is 6.15. The number of carboxylic acids is 1. The van der Waals surface area contributed by atoms with Gasteiger partial charge in [-0.2, -0.15) is 0 Å². The molecule has 4 aliphatic rings. The summed E-state index contributed by atoms with van der Waals surface area (Å²) in [4.78, 5) is 22.6. The van der Waals surface area contributed by atoms with Crippen LogP contribution in [0.5, 0.6) is 0 Å². The van der Waals surface area contributed by atoms with Crippen LogP contribution >= 0.6 is 0 Å². The number of hydrogen-bond donors (Lipinski definition) is 1. The Morgan fingerprint density at radius 1 is 1.32 bits per heavy atom. The molecule has 0 heterocycles. The number of nitro groups is 1. The van der Waals surface area contributed by atoms with Crippen molar-refractivity contribution in [2.24, 2.45) is 23.2 Å². The summed E-state index contributed by atoms with van der Waals surface area (Å²) in [6, 6.07) is 0. The Bertz CT molecular complexity index is 421. The summed E-state index contributed by atoms with van der Waals surface area (Å²) in [5.74, 6) is 0.456.